The van der Waals surface area contributed by atoms with Crippen LogP contribution in [0.15, 0.2) is 6.07 Å². The van der Waals surface area contributed by atoms with Gasteiger partial charge in [0.05, 0.1) is 11.5 Å². The van der Waals surface area contributed by atoms with Gasteiger partial charge < -0.3 is 15.0 Å². The zero-order chi connectivity index (χ0) is 14.8. The molecule has 0 amide bonds. The highest BCUT2D eigenvalue weighted by molar-refractivity contribution is 7.18. The predicted molar refractivity (Wildman–Crippen MR) is 88.6 cm³/mol. The largest absolute Gasteiger partial charge is 0.377 e. The molecule has 0 aromatic carbocycles. The Hall–Kier alpha value is -1.40. The number of nitrogens with zero attached hydrogens (tertiary/aromatic N) is 3. The van der Waals surface area contributed by atoms with E-state index >= 15 is 0 Å². The third kappa shape index (κ3) is 3.11. The molecule has 3 heterocycles. The summed E-state index contributed by atoms with van der Waals surface area (Å²) in [6.07, 6.45) is 1.27. The maximum absolute atomic E-state index is 5.75. The van der Waals surface area contributed by atoms with E-state index in [0.717, 1.165) is 54.6 Å². The quantitative estimate of drug-likeness (QED) is 0.944. The van der Waals surface area contributed by atoms with Crippen LogP contribution in [0.25, 0.3) is 10.2 Å². The van der Waals surface area contributed by atoms with Crippen LogP contribution in [0.3, 0.4) is 0 Å². The van der Waals surface area contributed by atoms with Crippen LogP contribution in [0.1, 0.15) is 25.1 Å². The number of aromatic nitrogens is 2. The van der Waals surface area contributed by atoms with Crippen molar-refractivity contribution in [3.05, 3.63) is 10.9 Å². The molecule has 0 saturated carbocycles. The molecular weight excluding hydrogens is 284 g/mol. The highest BCUT2D eigenvalue weighted by Crippen LogP contribution is 2.32. The minimum absolute atomic E-state index is 0.236. The zero-order valence-corrected chi connectivity index (χ0v) is 13.7. The molecule has 1 aliphatic rings. The number of fused-ring (bicyclic) bond motifs is 1. The summed E-state index contributed by atoms with van der Waals surface area (Å²) in [6, 6.07) is 2.20. The van der Waals surface area contributed by atoms with Gasteiger partial charge in [-0.05, 0) is 33.3 Å². The molecule has 3 rings (SSSR count). The molecule has 0 radical (unpaired) electrons. The molecule has 5 nitrogen and oxygen atoms in total. The molecule has 2 aromatic heterocycles. The van der Waals surface area contributed by atoms with E-state index in [4.69, 9.17) is 9.72 Å². The van der Waals surface area contributed by atoms with Crippen molar-refractivity contribution in [1.29, 1.82) is 0 Å². The van der Waals surface area contributed by atoms with Crippen molar-refractivity contribution in [1.82, 2.24) is 9.97 Å². The van der Waals surface area contributed by atoms with Crippen LogP contribution in [0.2, 0.25) is 0 Å². The van der Waals surface area contributed by atoms with E-state index in [0.29, 0.717) is 0 Å². The first-order valence-corrected chi connectivity index (χ1v) is 8.37. The van der Waals surface area contributed by atoms with Gasteiger partial charge in [0.25, 0.3) is 0 Å². The standard InChI is InChI=1S/C15H22N4OS/c1-4-16-15-17-13(12-8-11(3)21-14(12)18-15)19-6-5-7-20-10(2)9-19/h8,10H,4-7,9H2,1-3H3,(H,16,17,18). The second kappa shape index (κ2) is 6.15. The van der Waals surface area contributed by atoms with E-state index in [1.165, 1.54) is 4.88 Å². The van der Waals surface area contributed by atoms with Gasteiger partial charge in [0, 0.05) is 31.1 Å². The summed E-state index contributed by atoms with van der Waals surface area (Å²) in [7, 11) is 0. The summed E-state index contributed by atoms with van der Waals surface area (Å²) in [4.78, 5) is 14.1. The highest BCUT2D eigenvalue weighted by Gasteiger charge is 2.20. The Bertz CT molecular complexity index is 627. The molecule has 2 aromatic rings. The summed E-state index contributed by atoms with van der Waals surface area (Å²) in [5.74, 6) is 1.76. The zero-order valence-electron chi connectivity index (χ0n) is 12.8. The van der Waals surface area contributed by atoms with Crippen LogP contribution in [-0.4, -0.2) is 42.3 Å². The highest BCUT2D eigenvalue weighted by atomic mass is 32.1. The first kappa shape index (κ1) is 14.5. The number of hydrogen-bond donors (Lipinski definition) is 1. The predicted octanol–water partition coefficient (Wildman–Crippen LogP) is 3.05. The first-order chi connectivity index (χ1) is 10.2. The van der Waals surface area contributed by atoms with E-state index in [-0.39, 0.29) is 6.10 Å². The van der Waals surface area contributed by atoms with Crippen LogP contribution in [0.4, 0.5) is 11.8 Å². The molecule has 6 heteroatoms. The van der Waals surface area contributed by atoms with Gasteiger partial charge >= 0.3 is 0 Å². The molecule has 0 bridgehead atoms. The summed E-state index contributed by atoms with van der Waals surface area (Å²) in [6.45, 7) is 9.83. The van der Waals surface area contributed by atoms with Crippen molar-refractivity contribution >= 4 is 33.3 Å². The summed E-state index contributed by atoms with van der Waals surface area (Å²) >= 11 is 1.73. The number of ether oxygens (including phenoxy) is 1. The Morgan fingerprint density at radius 2 is 2.33 bits per heavy atom. The third-order valence-electron chi connectivity index (χ3n) is 3.58. The van der Waals surface area contributed by atoms with Gasteiger partial charge in [0.2, 0.25) is 5.95 Å². The van der Waals surface area contributed by atoms with Crippen molar-refractivity contribution < 1.29 is 4.74 Å². The lowest BCUT2D eigenvalue weighted by atomic mass is 10.3. The molecule has 1 saturated heterocycles. The number of rotatable bonds is 3. The molecule has 0 spiro atoms. The number of anilines is 2. The lowest BCUT2D eigenvalue weighted by Crippen LogP contribution is -2.31. The van der Waals surface area contributed by atoms with Gasteiger partial charge in [-0.2, -0.15) is 4.98 Å². The number of thiophene rings is 1. The van der Waals surface area contributed by atoms with Gasteiger partial charge in [0.1, 0.15) is 10.6 Å². The molecule has 0 aliphatic carbocycles. The van der Waals surface area contributed by atoms with Gasteiger partial charge in [-0.25, -0.2) is 4.98 Å². The van der Waals surface area contributed by atoms with Crippen LogP contribution in [-0.2, 0) is 4.74 Å². The molecule has 1 unspecified atom stereocenters. The normalized spacial score (nSPS) is 19.8. The maximum atomic E-state index is 5.75. The van der Waals surface area contributed by atoms with E-state index in [1.54, 1.807) is 11.3 Å². The van der Waals surface area contributed by atoms with E-state index in [2.05, 4.69) is 42.0 Å². The lowest BCUT2D eigenvalue weighted by molar-refractivity contribution is 0.0820. The molecular formula is C15H22N4OS. The smallest absolute Gasteiger partial charge is 0.226 e. The van der Waals surface area contributed by atoms with Gasteiger partial charge in [-0.3, -0.25) is 0 Å². The fourth-order valence-corrected chi connectivity index (χ4v) is 3.57. The minimum Gasteiger partial charge on any atom is -0.377 e. The topological polar surface area (TPSA) is 50.3 Å². The fraction of sp³-hybridized carbons (Fsp3) is 0.600. The first-order valence-electron chi connectivity index (χ1n) is 7.56. The van der Waals surface area contributed by atoms with Gasteiger partial charge in [-0.15, -0.1) is 11.3 Å². The molecule has 114 valence electrons. The third-order valence-corrected chi connectivity index (χ3v) is 4.53. The van der Waals surface area contributed by atoms with Gasteiger partial charge in [0.15, 0.2) is 0 Å². The average molecular weight is 306 g/mol. The van der Waals surface area contributed by atoms with Crippen LogP contribution < -0.4 is 10.2 Å². The molecule has 1 aliphatic heterocycles. The Morgan fingerprint density at radius 3 is 3.14 bits per heavy atom. The van der Waals surface area contributed by atoms with Crippen molar-refractivity contribution in [2.75, 3.05) is 36.5 Å². The van der Waals surface area contributed by atoms with E-state index in [9.17, 15) is 0 Å². The molecule has 21 heavy (non-hydrogen) atoms. The summed E-state index contributed by atoms with van der Waals surface area (Å²) in [5, 5.41) is 4.40. The average Bonchev–Trinajstić information content (AvgIpc) is 2.67. The Balaban J connectivity index is 2.05. The molecule has 1 fully saturated rings. The second-order valence-electron chi connectivity index (χ2n) is 5.46. The number of nitrogens with one attached hydrogen (secondary N) is 1. The fourth-order valence-electron chi connectivity index (χ4n) is 2.69. The van der Waals surface area contributed by atoms with Crippen molar-refractivity contribution in [3.8, 4) is 0 Å². The second-order valence-corrected chi connectivity index (χ2v) is 6.69. The van der Waals surface area contributed by atoms with Crippen molar-refractivity contribution in [2.45, 2.75) is 33.3 Å². The monoisotopic (exact) mass is 306 g/mol. The van der Waals surface area contributed by atoms with Crippen molar-refractivity contribution in [2.24, 2.45) is 0 Å². The molecule has 1 N–H and O–H groups in total. The van der Waals surface area contributed by atoms with Crippen LogP contribution >= 0.6 is 11.3 Å². The van der Waals surface area contributed by atoms with Crippen LogP contribution in [0.5, 0.6) is 0 Å². The Labute approximate surface area is 129 Å². The van der Waals surface area contributed by atoms with Crippen LogP contribution in [0, 0.1) is 6.92 Å². The lowest BCUT2D eigenvalue weighted by Gasteiger charge is -2.24. The minimum atomic E-state index is 0.236. The Kier molecular flexibility index (Phi) is 4.26. The number of hydrogen-bond acceptors (Lipinski definition) is 6. The van der Waals surface area contributed by atoms with Crippen molar-refractivity contribution in [3.63, 3.8) is 0 Å². The SMILES string of the molecule is CCNc1nc(N2CCCOC(C)C2)c2cc(C)sc2n1. The maximum Gasteiger partial charge on any atom is 0.226 e. The van der Waals surface area contributed by atoms with E-state index in [1.807, 2.05) is 0 Å². The van der Waals surface area contributed by atoms with E-state index < -0.39 is 0 Å². The molecule has 1 atom stereocenters. The Morgan fingerprint density at radius 1 is 1.48 bits per heavy atom. The van der Waals surface area contributed by atoms with Gasteiger partial charge in [-0.1, -0.05) is 0 Å². The number of aryl methyl sites for hydroxylation is 1. The summed E-state index contributed by atoms with van der Waals surface area (Å²) < 4.78 is 5.75. The summed E-state index contributed by atoms with van der Waals surface area (Å²) in [5.41, 5.74) is 0.